The van der Waals surface area contributed by atoms with Crippen LogP contribution in [-0.4, -0.2) is 48.2 Å². The Bertz CT molecular complexity index is 780. The number of aliphatic hydroxyl groups is 1. The zero-order chi connectivity index (χ0) is 18.7. The van der Waals surface area contributed by atoms with Gasteiger partial charge < -0.3 is 20.2 Å². The highest BCUT2D eigenvalue weighted by molar-refractivity contribution is 5.92. The quantitative estimate of drug-likeness (QED) is 0.664. The number of likely N-dealkylation sites (tertiary alicyclic amines) is 1. The minimum Gasteiger partial charge on any atom is -0.455 e. The summed E-state index contributed by atoms with van der Waals surface area (Å²) in [6.07, 6.45) is 2.35. The molecule has 0 unspecified atom stereocenters. The van der Waals surface area contributed by atoms with Crippen molar-refractivity contribution < 1.29 is 14.3 Å². The summed E-state index contributed by atoms with van der Waals surface area (Å²) in [4.78, 5) is 15.3. The summed E-state index contributed by atoms with van der Waals surface area (Å²) in [6.45, 7) is 4.07. The van der Waals surface area contributed by atoms with Crippen LogP contribution in [-0.2, 0) is 12.1 Å². The summed E-state index contributed by atoms with van der Waals surface area (Å²) in [5, 5.41) is 17.0. The number of benzene rings is 1. The molecule has 1 aromatic carbocycles. The molecule has 0 bridgehead atoms. The number of rotatable bonds is 5. The molecule has 2 aromatic rings. The van der Waals surface area contributed by atoms with E-state index in [1.165, 1.54) is 12.8 Å². The van der Waals surface area contributed by atoms with Gasteiger partial charge >= 0.3 is 0 Å². The molecule has 3 heterocycles. The average molecular weight is 442 g/mol. The first-order chi connectivity index (χ1) is 13.2. The first-order valence-corrected chi connectivity index (χ1v) is 9.75. The third-order valence-electron chi connectivity index (χ3n) is 5.69. The summed E-state index contributed by atoms with van der Waals surface area (Å²) in [7, 11) is 0. The number of halogens is 2. The van der Waals surface area contributed by atoms with Crippen molar-refractivity contribution in [1.29, 1.82) is 0 Å². The van der Waals surface area contributed by atoms with Crippen molar-refractivity contribution >= 4 is 30.7 Å². The van der Waals surface area contributed by atoms with E-state index in [9.17, 15) is 9.90 Å². The highest BCUT2D eigenvalue weighted by Crippen LogP contribution is 2.31. The third kappa shape index (κ3) is 5.13. The second kappa shape index (κ2) is 10.5. The first kappa shape index (κ1) is 23.7. The fourth-order valence-corrected chi connectivity index (χ4v) is 4.17. The number of carbonyl (C=O) groups excluding carboxylic acids is 1. The number of piperidine rings is 1. The number of nitrogens with one attached hydrogen (secondary N) is 2. The lowest BCUT2D eigenvalue weighted by Gasteiger charge is -2.42. The predicted molar refractivity (Wildman–Crippen MR) is 117 cm³/mol. The van der Waals surface area contributed by atoms with Crippen molar-refractivity contribution in [1.82, 2.24) is 15.5 Å². The molecule has 3 N–H and O–H groups in total. The van der Waals surface area contributed by atoms with Crippen LogP contribution in [0, 0.1) is 0 Å². The van der Waals surface area contributed by atoms with E-state index >= 15 is 0 Å². The number of furan rings is 1. The molecule has 1 aromatic heterocycles. The number of nitrogens with zero attached hydrogens (tertiary/aromatic N) is 1. The van der Waals surface area contributed by atoms with Gasteiger partial charge in [-0.1, -0.05) is 30.3 Å². The Morgan fingerprint density at radius 2 is 1.90 bits per heavy atom. The molecular weight excluding hydrogens is 413 g/mol. The van der Waals surface area contributed by atoms with E-state index in [0.29, 0.717) is 18.7 Å². The molecule has 8 heteroatoms. The van der Waals surface area contributed by atoms with Crippen molar-refractivity contribution in [2.24, 2.45) is 0 Å². The molecule has 0 aliphatic carbocycles. The molecule has 29 heavy (non-hydrogen) atoms. The molecule has 4 rings (SSSR count). The van der Waals surface area contributed by atoms with Crippen molar-refractivity contribution in [3.05, 3.63) is 59.5 Å². The molecule has 160 valence electrons. The Balaban J connectivity index is 0.00000150. The van der Waals surface area contributed by atoms with Crippen LogP contribution in [0.25, 0.3) is 0 Å². The van der Waals surface area contributed by atoms with Gasteiger partial charge in [-0.05, 0) is 56.6 Å². The van der Waals surface area contributed by atoms with E-state index in [4.69, 9.17) is 4.42 Å². The maximum atomic E-state index is 12.9. The lowest BCUT2D eigenvalue weighted by Crippen LogP contribution is -2.61. The van der Waals surface area contributed by atoms with Crippen molar-refractivity contribution in [2.45, 2.75) is 37.5 Å². The van der Waals surface area contributed by atoms with Crippen LogP contribution < -0.4 is 10.6 Å². The summed E-state index contributed by atoms with van der Waals surface area (Å²) < 4.78 is 5.81. The topological polar surface area (TPSA) is 77.7 Å². The van der Waals surface area contributed by atoms with Crippen LogP contribution in [0.15, 0.2) is 46.9 Å². The lowest BCUT2D eigenvalue weighted by atomic mass is 9.79. The van der Waals surface area contributed by atoms with Crippen LogP contribution in [0.3, 0.4) is 0 Å². The van der Waals surface area contributed by atoms with E-state index in [1.54, 1.807) is 6.07 Å². The first-order valence-electron chi connectivity index (χ1n) is 9.75. The zero-order valence-corrected chi connectivity index (χ0v) is 17.9. The number of carbonyl (C=O) groups is 1. The van der Waals surface area contributed by atoms with Gasteiger partial charge in [0.2, 0.25) is 0 Å². The zero-order valence-electron chi connectivity index (χ0n) is 16.3. The van der Waals surface area contributed by atoms with Crippen molar-refractivity contribution in [3.63, 3.8) is 0 Å². The molecule has 2 aliphatic rings. The van der Waals surface area contributed by atoms with E-state index in [0.717, 1.165) is 37.5 Å². The fourth-order valence-electron chi connectivity index (χ4n) is 4.17. The third-order valence-corrected chi connectivity index (χ3v) is 5.69. The lowest BCUT2D eigenvalue weighted by molar-refractivity contribution is 0.0279. The highest BCUT2D eigenvalue weighted by atomic mass is 35.5. The number of aliphatic hydroxyl groups excluding tert-OH is 1. The number of amides is 1. The second-order valence-electron chi connectivity index (χ2n) is 7.51. The SMILES string of the molecule is Cl.Cl.O=C(N[C@]1(c2ccccc2)CCNC[C@H]1O)c1ccc(CN2CCCC2)o1. The maximum absolute atomic E-state index is 12.9. The minimum absolute atomic E-state index is 0. The van der Waals surface area contributed by atoms with Gasteiger partial charge in [-0.3, -0.25) is 9.69 Å². The highest BCUT2D eigenvalue weighted by Gasteiger charge is 2.43. The standard InChI is InChI=1S/C21H27N3O3.2ClH/c25-19-14-22-11-10-21(19,16-6-2-1-3-7-16)23-20(26)18-9-8-17(27-18)15-24-12-4-5-13-24;;/h1-3,6-9,19,22,25H,4-5,10-15H2,(H,23,26);2*1H/t19-,21+;;/m1../s1. The van der Waals surface area contributed by atoms with E-state index in [-0.39, 0.29) is 30.7 Å². The number of hydrogen-bond acceptors (Lipinski definition) is 5. The van der Waals surface area contributed by atoms with Crippen molar-refractivity contribution in [3.8, 4) is 0 Å². The van der Waals surface area contributed by atoms with Gasteiger partial charge in [-0.25, -0.2) is 0 Å². The maximum Gasteiger partial charge on any atom is 0.287 e. The Labute approximate surface area is 183 Å². The fraction of sp³-hybridized carbons (Fsp3) is 0.476. The van der Waals surface area contributed by atoms with Gasteiger partial charge in [-0.15, -0.1) is 24.8 Å². The monoisotopic (exact) mass is 441 g/mol. The van der Waals surface area contributed by atoms with Gasteiger partial charge in [0, 0.05) is 6.54 Å². The summed E-state index contributed by atoms with van der Waals surface area (Å²) in [5.74, 6) is 0.819. The molecule has 2 atom stereocenters. The normalized spacial score (nSPS) is 24.4. The molecule has 6 nitrogen and oxygen atoms in total. The van der Waals surface area contributed by atoms with E-state index < -0.39 is 11.6 Å². The van der Waals surface area contributed by atoms with E-state index in [2.05, 4.69) is 15.5 Å². The van der Waals surface area contributed by atoms with Gasteiger partial charge in [-0.2, -0.15) is 0 Å². The molecule has 0 radical (unpaired) electrons. The predicted octanol–water partition coefficient (Wildman–Crippen LogP) is 2.70. The Morgan fingerprint density at radius 3 is 2.59 bits per heavy atom. The Hall–Kier alpha value is -1.57. The number of β-amino-alcohol motifs (C(OH)–C–C–N with tert-alkyl or cyclic N) is 1. The number of hydrogen-bond donors (Lipinski definition) is 3. The molecule has 2 fully saturated rings. The van der Waals surface area contributed by atoms with Crippen molar-refractivity contribution in [2.75, 3.05) is 26.2 Å². The summed E-state index contributed by atoms with van der Waals surface area (Å²) in [5.41, 5.74) is 0.0992. The Morgan fingerprint density at radius 1 is 1.17 bits per heavy atom. The molecule has 2 saturated heterocycles. The summed E-state index contributed by atoms with van der Waals surface area (Å²) in [6, 6.07) is 13.3. The summed E-state index contributed by atoms with van der Waals surface area (Å²) >= 11 is 0. The van der Waals surface area contributed by atoms with Gasteiger partial charge in [0.05, 0.1) is 18.2 Å². The minimum atomic E-state index is -0.814. The largest absolute Gasteiger partial charge is 0.455 e. The molecule has 0 spiro atoms. The van der Waals surface area contributed by atoms with Crippen LogP contribution in [0.4, 0.5) is 0 Å². The van der Waals surface area contributed by atoms with Crippen LogP contribution >= 0.6 is 24.8 Å². The molecular formula is C21H29Cl2N3O3. The van der Waals surface area contributed by atoms with Gasteiger partial charge in [0.1, 0.15) is 5.76 Å². The molecule has 1 amide bonds. The van der Waals surface area contributed by atoms with Crippen LogP contribution in [0.1, 0.15) is 41.1 Å². The van der Waals surface area contributed by atoms with E-state index in [1.807, 2.05) is 36.4 Å². The van der Waals surface area contributed by atoms with Gasteiger partial charge in [0.25, 0.3) is 5.91 Å². The molecule has 2 aliphatic heterocycles. The van der Waals surface area contributed by atoms with Crippen LogP contribution in [0.2, 0.25) is 0 Å². The van der Waals surface area contributed by atoms with Gasteiger partial charge in [0.15, 0.2) is 5.76 Å². The smallest absolute Gasteiger partial charge is 0.287 e. The van der Waals surface area contributed by atoms with Crippen LogP contribution in [0.5, 0.6) is 0 Å². The average Bonchev–Trinajstić information content (AvgIpc) is 3.37. The second-order valence-corrected chi connectivity index (χ2v) is 7.51. The Kier molecular flexibility index (Phi) is 8.55. The molecule has 0 saturated carbocycles.